The molecule has 0 spiro atoms. The molecule has 142 valence electrons. The molecule has 2 rings (SSSR count). The summed E-state index contributed by atoms with van der Waals surface area (Å²) in [6.07, 6.45) is 6.97. The van der Waals surface area contributed by atoms with Crippen molar-refractivity contribution in [3.63, 3.8) is 0 Å². The highest BCUT2D eigenvalue weighted by Gasteiger charge is 2.05. The lowest BCUT2D eigenvalue weighted by Crippen LogP contribution is -2.12. The number of nitrogens with zero attached hydrogens (tertiary/aromatic N) is 2. The summed E-state index contributed by atoms with van der Waals surface area (Å²) in [5.41, 5.74) is 2.95. The zero-order valence-corrected chi connectivity index (χ0v) is 15.4. The fourth-order valence-corrected chi connectivity index (χ4v) is 2.40. The van der Waals surface area contributed by atoms with Gasteiger partial charge in [-0.3, -0.25) is 9.97 Å². The summed E-state index contributed by atoms with van der Waals surface area (Å²) < 4.78 is 16.2. The van der Waals surface area contributed by atoms with E-state index in [0.29, 0.717) is 33.0 Å². The van der Waals surface area contributed by atoms with Crippen molar-refractivity contribution in [2.75, 3.05) is 39.6 Å². The van der Waals surface area contributed by atoms with Gasteiger partial charge in [-0.15, -0.1) is 0 Å². The van der Waals surface area contributed by atoms with Crippen molar-refractivity contribution in [1.82, 2.24) is 9.97 Å². The lowest BCUT2D eigenvalue weighted by atomic mass is 10.1. The molecule has 2 aromatic heterocycles. The van der Waals surface area contributed by atoms with Crippen LogP contribution in [0.2, 0.25) is 0 Å². The molecule has 2 aromatic rings. The Labute approximate surface area is 155 Å². The van der Waals surface area contributed by atoms with E-state index in [1.165, 1.54) is 18.4 Å². The second-order valence-electron chi connectivity index (χ2n) is 5.83. The number of hydrogen-bond donors (Lipinski definition) is 1. The fraction of sp³-hybridized carbons (Fsp3) is 0.500. The molecule has 0 aromatic carbocycles. The first kappa shape index (κ1) is 20.3. The first-order valence-electron chi connectivity index (χ1n) is 9.14. The van der Waals surface area contributed by atoms with E-state index in [-0.39, 0.29) is 6.61 Å². The van der Waals surface area contributed by atoms with E-state index in [2.05, 4.69) is 29.0 Å². The monoisotopic (exact) mass is 360 g/mol. The van der Waals surface area contributed by atoms with Gasteiger partial charge in [0.1, 0.15) is 12.4 Å². The van der Waals surface area contributed by atoms with Gasteiger partial charge < -0.3 is 19.3 Å². The Morgan fingerprint density at radius 3 is 2.35 bits per heavy atom. The number of pyridine rings is 2. The van der Waals surface area contributed by atoms with Crippen LogP contribution in [0.15, 0.2) is 36.7 Å². The van der Waals surface area contributed by atoms with E-state index in [9.17, 15) is 0 Å². The molecular formula is C20H28N2O4. The second-order valence-corrected chi connectivity index (χ2v) is 5.83. The van der Waals surface area contributed by atoms with Gasteiger partial charge in [0, 0.05) is 18.5 Å². The topological polar surface area (TPSA) is 73.7 Å². The lowest BCUT2D eigenvalue weighted by molar-refractivity contribution is 0.0247. The average Bonchev–Trinajstić information content (AvgIpc) is 2.69. The molecule has 1 N–H and O–H groups in total. The van der Waals surface area contributed by atoms with E-state index in [0.717, 1.165) is 23.6 Å². The maximum absolute atomic E-state index is 8.60. The van der Waals surface area contributed by atoms with Gasteiger partial charge in [0.2, 0.25) is 0 Å². The zero-order valence-electron chi connectivity index (χ0n) is 15.4. The van der Waals surface area contributed by atoms with E-state index >= 15 is 0 Å². The van der Waals surface area contributed by atoms with Crippen molar-refractivity contribution in [3.05, 3.63) is 42.2 Å². The first-order chi connectivity index (χ1) is 12.8. The van der Waals surface area contributed by atoms with Gasteiger partial charge in [0.05, 0.1) is 44.4 Å². The highest BCUT2D eigenvalue weighted by molar-refractivity contribution is 5.56. The summed E-state index contributed by atoms with van der Waals surface area (Å²) in [6.45, 7) is 4.45. The zero-order chi connectivity index (χ0) is 18.5. The molecule has 0 aliphatic rings. The quantitative estimate of drug-likeness (QED) is 0.554. The average molecular weight is 360 g/mol. The first-order valence-corrected chi connectivity index (χ1v) is 9.14. The summed E-state index contributed by atoms with van der Waals surface area (Å²) in [6, 6.07) is 7.88. The van der Waals surface area contributed by atoms with Crippen LogP contribution < -0.4 is 4.74 Å². The Morgan fingerprint density at radius 2 is 1.58 bits per heavy atom. The Hall–Kier alpha value is -2.02. The number of rotatable bonds is 13. The third-order valence-corrected chi connectivity index (χ3v) is 3.74. The molecular weight excluding hydrogens is 332 g/mol. The van der Waals surface area contributed by atoms with Crippen molar-refractivity contribution < 1.29 is 19.3 Å². The van der Waals surface area contributed by atoms with Crippen molar-refractivity contribution in [2.45, 2.75) is 26.2 Å². The van der Waals surface area contributed by atoms with Crippen molar-refractivity contribution >= 4 is 0 Å². The van der Waals surface area contributed by atoms with E-state index < -0.39 is 0 Å². The number of aliphatic hydroxyl groups is 1. The van der Waals surface area contributed by atoms with Crippen LogP contribution in [0.1, 0.15) is 25.3 Å². The number of aromatic nitrogens is 2. The number of hydrogen-bond acceptors (Lipinski definition) is 6. The Morgan fingerprint density at radius 1 is 0.885 bits per heavy atom. The summed E-state index contributed by atoms with van der Waals surface area (Å²) in [5.74, 6) is 0.746. The fourth-order valence-electron chi connectivity index (χ4n) is 2.40. The smallest absolute Gasteiger partial charge is 0.123 e. The molecule has 6 heteroatoms. The van der Waals surface area contributed by atoms with Gasteiger partial charge in [-0.1, -0.05) is 13.3 Å². The molecule has 0 aliphatic carbocycles. The molecule has 26 heavy (non-hydrogen) atoms. The minimum Gasteiger partial charge on any atom is -0.491 e. The number of aliphatic hydroxyl groups excluding tert-OH is 1. The van der Waals surface area contributed by atoms with Gasteiger partial charge in [-0.25, -0.2) is 0 Å². The number of unbranched alkanes of at least 4 members (excludes halogenated alkanes) is 1. The maximum Gasteiger partial charge on any atom is 0.123 e. The van der Waals surface area contributed by atoms with Crippen molar-refractivity contribution in [3.8, 4) is 17.1 Å². The summed E-state index contributed by atoms with van der Waals surface area (Å²) in [4.78, 5) is 8.84. The summed E-state index contributed by atoms with van der Waals surface area (Å²) in [7, 11) is 0. The molecule has 6 nitrogen and oxygen atoms in total. The van der Waals surface area contributed by atoms with Crippen LogP contribution in [0.3, 0.4) is 0 Å². The third kappa shape index (κ3) is 7.47. The lowest BCUT2D eigenvalue weighted by Gasteiger charge is -2.09. The third-order valence-electron chi connectivity index (χ3n) is 3.74. The predicted molar refractivity (Wildman–Crippen MR) is 100 cm³/mol. The molecule has 0 saturated heterocycles. The van der Waals surface area contributed by atoms with Crippen LogP contribution in [-0.4, -0.2) is 54.7 Å². The summed E-state index contributed by atoms with van der Waals surface area (Å²) in [5, 5.41) is 8.60. The van der Waals surface area contributed by atoms with E-state index in [4.69, 9.17) is 19.3 Å². The van der Waals surface area contributed by atoms with Gasteiger partial charge in [0.15, 0.2) is 0 Å². The SMILES string of the molecule is CCCCc1ccnc(-c2cc(OCCOCCOCCO)ccn2)c1. The molecule has 0 amide bonds. The van der Waals surface area contributed by atoms with E-state index in [1.54, 1.807) is 6.20 Å². The minimum absolute atomic E-state index is 0.0316. The van der Waals surface area contributed by atoms with Gasteiger partial charge in [0.25, 0.3) is 0 Å². The molecule has 0 saturated carbocycles. The van der Waals surface area contributed by atoms with Crippen LogP contribution in [0.25, 0.3) is 11.4 Å². The summed E-state index contributed by atoms with van der Waals surface area (Å²) >= 11 is 0. The number of aryl methyl sites for hydroxylation is 1. The largest absolute Gasteiger partial charge is 0.491 e. The Kier molecular flexibility index (Phi) is 9.64. The van der Waals surface area contributed by atoms with Crippen molar-refractivity contribution in [2.24, 2.45) is 0 Å². The number of ether oxygens (including phenoxy) is 3. The molecule has 0 fully saturated rings. The highest BCUT2D eigenvalue weighted by Crippen LogP contribution is 2.21. The van der Waals surface area contributed by atoms with Crippen LogP contribution in [0.4, 0.5) is 0 Å². The Balaban J connectivity index is 1.80. The molecule has 0 unspecified atom stereocenters. The van der Waals surface area contributed by atoms with E-state index in [1.807, 2.05) is 18.3 Å². The molecule has 0 radical (unpaired) electrons. The molecule has 0 aliphatic heterocycles. The van der Waals surface area contributed by atoms with Crippen LogP contribution in [0, 0.1) is 0 Å². The molecule has 0 bridgehead atoms. The molecule has 2 heterocycles. The molecule has 0 atom stereocenters. The van der Waals surface area contributed by atoms with Crippen molar-refractivity contribution in [1.29, 1.82) is 0 Å². The predicted octanol–water partition coefficient (Wildman–Crippen LogP) is 2.89. The van der Waals surface area contributed by atoms with Crippen LogP contribution in [-0.2, 0) is 15.9 Å². The normalized spacial score (nSPS) is 10.8. The van der Waals surface area contributed by atoms with Crippen LogP contribution >= 0.6 is 0 Å². The Bertz CT molecular complexity index is 637. The van der Waals surface area contributed by atoms with Gasteiger partial charge >= 0.3 is 0 Å². The van der Waals surface area contributed by atoms with Gasteiger partial charge in [-0.05, 0) is 36.6 Å². The standard InChI is InChI=1S/C20H28N2O4/c1-2-3-4-17-5-7-21-19(15-17)20-16-18(6-8-22-20)26-14-13-25-12-11-24-10-9-23/h5-8,15-16,23H,2-4,9-14H2,1H3. The van der Waals surface area contributed by atoms with Gasteiger partial charge in [-0.2, -0.15) is 0 Å². The minimum atomic E-state index is 0.0316. The second kappa shape index (κ2) is 12.4. The highest BCUT2D eigenvalue weighted by atomic mass is 16.5. The maximum atomic E-state index is 8.60. The van der Waals surface area contributed by atoms with Crippen LogP contribution in [0.5, 0.6) is 5.75 Å².